The SMILES string of the molecule is CCCCCCC(Oc1ccc(C(C)(C)CC)cc1C(C)(C)CC)C(=O)NCC(C)c1nc2n(n1)N=C(C)/C2=N/c1ccc(N(CC)CC)cc1C. The third-order valence-electron chi connectivity index (χ3n) is 11.1. The molecule has 1 aliphatic rings. The number of fused-ring (bicyclic) bond motifs is 1. The van der Waals surface area contributed by atoms with Gasteiger partial charge in [0.05, 0.1) is 11.4 Å². The maximum absolute atomic E-state index is 13.9. The van der Waals surface area contributed by atoms with E-state index in [1.807, 2.05) is 13.8 Å². The molecule has 52 heavy (non-hydrogen) atoms. The highest BCUT2D eigenvalue weighted by atomic mass is 16.5. The fraction of sp³-hybridized carbons (Fsp3) is 0.605. The summed E-state index contributed by atoms with van der Waals surface area (Å²) >= 11 is 0. The average Bonchev–Trinajstić information content (AvgIpc) is 3.67. The molecule has 2 atom stereocenters. The minimum Gasteiger partial charge on any atom is -0.480 e. The number of hydrogen-bond donors (Lipinski definition) is 1. The van der Waals surface area contributed by atoms with Crippen LogP contribution < -0.4 is 15.0 Å². The standard InChI is InChI=1S/C43H65N7O2/c1-13-18-19-20-21-37(52-36-25-22-32(42(9,10)14-2)27-34(36)43(11,12)15-3)41(51)44-28-30(7)39-46-40-38(31(8)47-50(40)48-39)45-35-24-23-33(26-29(35)6)49(16-4)17-5/h22-27,30,37H,13-21,28H2,1-12H3,(H,44,51)/b45-38-. The van der Waals surface area contributed by atoms with E-state index < -0.39 is 6.10 Å². The number of aliphatic imine (C=N–C) groups is 1. The summed E-state index contributed by atoms with van der Waals surface area (Å²) in [5.41, 5.74) is 7.07. The van der Waals surface area contributed by atoms with Crippen molar-refractivity contribution in [3.8, 4) is 5.75 Å². The Morgan fingerprint density at radius 1 is 0.942 bits per heavy atom. The Kier molecular flexibility index (Phi) is 13.9. The number of aromatic nitrogens is 3. The molecule has 1 aliphatic heterocycles. The Bertz CT molecular complexity index is 1730. The Balaban J connectivity index is 1.52. The van der Waals surface area contributed by atoms with Crippen LogP contribution in [0.3, 0.4) is 0 Å². The number of unbranched alkanes of at least 4 members (excludes halogenated alkanes) is 3. The van der Waals surface area contributed by atoms with E-state index >= 15 is 0 Å². The summed E-state index contributed by atoms with van der Waals surface area (Å²) in [6, 6.07) is 12.9. The Morgan fingerprint density at radius 3 is 2.29 bits per heavy atom. The first-order valence-electron chi connectivity index (χ1n) is 19.8. The molecule has 1 aromatic heterocycles. The lowest BCUT2D eigenvalue weighted by Gasteiger charge is -2.31. The molecule has 0 radical (unpaired) electrons. The number of nitrogens with one attached hydrogen (secondary N) is 1. The second-order valence-corrected chi connectivity index (χ2v) is 15.8. The average molecular weight is 712 g/mol. The zero-order valence-electron chi connectivity index (χ0n) is 34.2. The van der Waals surface area contributed by atoms with E-state index in [4.69, 9.17) is 19.8 Å². The molecule has 9 heteroatoms. The van der Waals surface area contributed by atoms with Crippen molar-refractivity contribution in [3.63, 3.8) is 0 Å². The number of aryl methyl sites for hydroxylation is 1. The minimum atomic E-state index is -0.595. The van der Waals surface area contributed by atoms with Gasteiger partial charge in [-0.25, -0.2) is 9.98 Å². The second kappa shape index (κ2) is 17.7. The summed E-state index contributed by atoms with van der Waals surface area (Å²) in [6.07, 6.45) is 6.36. The van der Waals surface area contributed by atoms with Gasteiger partial charge in [-0.1, -0.05) is 86.8 Å². The first-order chi connectivity index (χ1) is 24.7. The lowest BCUT2D eigenvalue weighted by atomic mass is 9.76. The number of nitrogens with zero attached hydrogens (tertiary/aromatic N) is 6. The van der Waals surface area contributed by atoms with Crippen molar-refractivity contribution in [3.05, 3.63) is 64.7 Å². The van der Waals surface area contributed by atoms with Gasteiger partial charge in [0.2, 0.25) is 5.82 Å². The lowest BCUT2D eigenvalue weighted by molar-refractivity contribution is -0.128. The highest BCUT2D eigenvalue weighted by molar-refractivity contribution is 6.48. The predicted molar refractivity (Wildman–Crippen MR) is 217 cm³/mol. The zero-order chi connectivity index (χ0) is 38.2. The summed E-state index contributed by atoms with van der Waals surface area (Å²) < 4.78 is 6.71. The number of rotatable bonds is 19. The van der Waals surface area contributed by atoms with Crippen LogP contribution in [0.25, 0.3) is 0 Å². The molecule has 284 valence electrons. The molecule has 0 aliphatic carbocycles. The monoisotopic (exact) mass is 712 g/mol. The van der Waals surface area contributed by atoms with Gasteiger partial charge in [0.1, 0.15) is 11.5 Å². The number of carbonyl (C=O) groups is 1. The second-order valence-electron chi connectivity index (χ2n) is 15.8. The minimum absolute atomic E-state index is 0.0534. The lowest BCUT2D eigenvalue weighted by Crippen LogP contribution is -2.40. The van der Waals surface area contributed by atoms with Crippen LogP contribution in [-0.4, -0.2) is 57.9 Å². The van der Waals surface area contributed by atoms with Crippen LogP contribution in [0.1, 0.15) is 155 Å². The van der Waals surface area contributed by atoms with Gasteiger partial charge in [0, 0.05) is 36.8 Å². The van der Waals surface area contributed by atoms with Crippen LogP contribution in [-0.2, 0) is 15.6 Å². The number of anilines is 1. The smallest absolute Gasteiger partial charge is 0.261 e. The highest BCUT2D eigenvalue weighted by Gasteiger charge is 2.31. The molecular weight excluding hydrogens is 647 g/mol. The number of benzene rings is 2. The van der Waals surface area contributed by atoms with Gasteiger partial charge < -0.3 is 15.0 Å². The molecule has 2 heterocycles. The number of hydrogen-bond acceptors (Lipinski definition) is 7. The summed E-state index contributed by atoms with van der Waals surface area (Å²) in [4.78, 5) is 27.7. The van der Waals surface area contributed by atoms with Crippen LogP contribution in [0.15, 0.2) is 46.5 Å². The number of ether oxygens (including phenoxy) is 1. The molecule has 0 saturated carbocycles. The van der Waals surface area contributed by atoms with E-state index in [1.54, 1.807) is 4.79 Å². The summed E-state index contributed by atoms with van der Waals surface area (Å²) in [5, 5.41) is 12.5. The third-order valence-corrected chi connectivity index (χ3v) is 11.1. The van der Waals surface area contributed by atoms with E-state index in [0.717, 1.165) is 79.9 Å². The van der Waals surface area contributed by atoms with E-state index in [2.05, 4.69) is 121 Å². The molecule has 1 N–H and O–H groups in total. The molecule has 0 spiro atoms. The van der Waals surface area contributed by atoms with E-state index in [-0.39, 0.29) is 22.7 Å². The van der Waals surface area contributed by atoms with Crippen molar-refractivity contribution in [2.45, 2.75) is 151 Å². The predicted octanol–water partition coefficient (Wildman–Crippen LogP) is 9.80. The largest absolute Gasteiger partial charge is 0.480 e. The van der Waals surface area contributed by atoms with Crippen LogP contribution >= 0.6 is 0 Å². The molecule has 0 fully saturated rings. The molecule has 1 amide bonds. The summed E-state index contributed by atoms with van der Waals surface area (Å²) in [6.45, 7) is 28.4. The van der Waals surface area contributed by atoms with Gasteiger partial charge in [-0.3, -0.25) is 4.79 Å². The van der Waals surface area contributed by atoms with Crippen molar-refractivity contribution < 1.29 is 9.53 Å². The van der Waals surface area contributed by atoms with Gasteiger partial charge in [-0.05, 0) is 99.6 Å². The molecule has 4 rings (SSSR count). The Hall–Kier alpha value is -4.01. The topological polar surface area (TPSA) is 97.0 Å². The first kappa shape index (κ1) is 40.8. The zero-order valence-corrected chi connectivity index (χ0v) is 34.2. The van der Waals surface area contributed by atoms with Gasteiger partial charge in [-0.15, -0.1) is 9.89 Å². The number of amides is 1. The van der Waals surface area contributed by atoms with E-state index in [0.29, 0.717) is 30.3 Å². The van der Waals surface area contributed by atoms with Crippen molar-refractivity contribution in [1.82, 2.24) is 20.2 Å². The van der Waals surface area contributed by atoms with E-state index in [1.165, 1.54) is 11.3 Å². The van der Waals surface area contributed by atoms with Crippen LogP contribution in [0.2, 0.25) is 0 Å². The summed E-state index contributed by atoms with van der Waals surface area (Å²) in [7, 11) is 0. The molecule has 0 bridgehead atoms. The molecule has 9 nitrogen and oxygen atoms in total. The van der Waals surface area contributed by atoms with Crippen molar-refractivity contribution >= 4 is 28.7 Å². The van der Waals surface area contributed by atoms with Gasteiger partial charge >= 0.3 is 0 Å². The number of carbonyl (C=O) groups excluding carboxylic acids is 1. The maximum Gasteiger partial charge on any atom is 0.261 e. The Labute approximate surface area is 313 Å². The molecule has 2 aromatic carbocycles. The fourth-order valence-corrected chi connectivity index (χ4v) is 6.49. The Morgan fingerprint density at radius 2 is 1.65 bits per heavy atom. The molecule has 2 unspecified atom stereocenters. The van der Waals surface area contributed by atoms with E-state index in [9.17, 15) is 4.79 Å². The van der Waals surface area contributed by atoms with Crippen LogP contribution in [0, 0.1) is 6.92 Å². The normalized spacial score (nSPS) is 15.0. The maximum atomic E-state index is 13.9. The van der Waals surface area contributed by atoms with Crippen LogP contribution in [0.4, 0.5) is 11.4 Å². The summed E-state index contributed by atoms with van der Waals surface area (Å²) in [5.74, 6) is 1.80. The fourth-order valence-electron chi connectivity index (χ4n) is 6.49. The van der Waals surface area contributed by atoms with Gasteiger partial charge in [-0.2, -0.15) is 5.10 Å². The molecule has 3 aromatic rings. The quantitative estimate of drug-likeness (QED) is 0.125. The highest BCUT2D eigenvalue weighted by Crippen LogP contribution is 2.39. The first-order valence-corrected chi connectivity index (χ1v) is 19.8. The van der Waals surface area contributed by atoms with Crippen molar-refractivity contribution in [1.29, 1.82) is 0 Å². The van der Waals surface area contributed by atoms with Gasteiger partial charge in [0.15, 0.2) is 11.9 Å². The van der Waals surface area contributed by atoms with Crippen LogP contribution in [0.5, 0.6) is 5.75 Å². The van der Waals surface area contributed by atoms with Gasteiger partial charge in [0.25, 0.3) is 5.91 Å². The third kappa shape index (κ3) is 9.50. The molecular formula is C43H65N7O2. The molecule has 0 saturated heterocycles. The van der Waals surface area contributed by atoms with Crippen molar-refractivity contribution in [2.24, 2.45) is 10.1 Å². The van der Waals surface area contributed by atoms with Crippen molar-refractivity contribution in [2.75, 3.05) is 24.5 Å².